The summed E-state index contributed by atoms with van der Waals surface area (Å²) in [6.07, 6.45) is 4.93. The van der Waals surface area contributed by atoms with E-state index in [1.165, 1.54) is 22.7 Å². The van der Waals surface area contributed by atoms with Crippen LogP contribution in [-0.4, -0.2) is 124 Å². The smallest absolute Gasteiger partial charge is 0.410 e. The Morgan fingerprint density at radius 2 is 1.70 bits per heavy atom. The molecule has 46 heavy (non-hydrogen) atoms. The second kappa shape index (κ2) is 15.7. The molecule has 1 aromatic carbocycles. The molecule has 0 aromatic heterocycles. The first-order valence-corrected chi connectivity index (χ1v) is 17.9. The topological polar surface area (TPSA) is 120 Å². The molecule has 1 aromatic rings. The van der Waals surface area contributed by atoms with Crippen molar-refractivity contribution in [3.63, 3.8) is 0 Å². The number of ether oxygens (including phenoxy) is 2. The minimum Gasteiger partial charge on any atom is -0.457 e. The number of rotatable bonds is 5. The van der Waals surface area contributed by atoms with Gasteiger partial charge in [-0.1, -0.05) is 26.0 Å². The minimum absolute atomic E-state index is 0.0925. The highest BCUT2D eigenvalue weighted by Crippen LogP contribution is 2.28. The molecule has 3 aliphatic heterocycles. The van der Waals surface area contributed by atoms with Crippen molar-refractivity contribution in [3.8, 4) is 0 Å². The highest BCUT2D eigenvalue weighted by molar-refractivity contribution is 7.88. The standard InChI is InChI=1S/C33H49FN4O7S/c1-23-6-8-29(39)22-31(40)45-32(24(2)7-9-30(23)44-33(41)37-12-10-35(4)11-13-37)25(3)18-26-19-27(34)21-28(20-26)36-14-16-38(17-15-36)46(5,42)43/h7,9,18-21,23-24,29-30,32,39H,6,8,10-17,22H2,1-5H3/b9-7-,25-18+/t23-,24-,29+,30-,32-/m0/s1. The third kappa shape index (κ3) is 10.00. The number of hydrogen-bond donors (Lipinski definition) is 1. The third-order valence-electron chi connectivity index (χ3n) is 9.08. The maximum atomic E-state index is 14.8. The Morgan fingerprint density at radius 1 is 1.02 bits per heavy atom. The summed E-state index contributed by atoms with van der Waals surface area (Å²) < 4.78 is 52.0. The third-order valence-corrected chi connectivity index (χ3v) is 10.4. The van der Waals surface area contributed by atoms with E-state index in [9.17, 15) is 27.5 Å². The van der Waals surface area contributed by atoms with Gasteiger partial charge in [-0.05, 0) is 68.1 Å². The summed E-state index contributed by atoms with van der Waals surface area (Å²) in [6.45, 7) is 9.92. The first-order chi connectivity index (χ1) is 21.7. The molecule has 0 radical (unpaired) electrons. The Bertz CT molecular complexity index is 1390. The van der Waals surface area contributed by atoms with E-state index >= 15 is 0 Å². The first-order valence-electron chi connectivity index (χ1n) is 16.1. The molecule has 0 spiro atoms. The average molecular weight is 665 g/mol. The van der Waals surface area contributed by atoms with Crippen LogP contribution in [0.5, 0.6) is 0 Å². The fourth-order valence-electron chi connectivity index (χ4n) is 6.11. The van der Waals surface area contributed by atoms with E-state index in [-0.39, 0.29) is 24.3 Å². The monoisotopic (exact) mass is 664 g/mol. The number of likely N-dealkylation sites (N-methyl/N-ethyl adjacent to an activating group) is 1. The van der Waals surface area contributed by atoms with E-state index in [0.29, 0.717) is 68.9 Å². The highest BCUT2D eigenvalue weighted by atomic mass is 32.2. The lowest BCUT2D eigenvalue weighted by atomic mass is 9.91. The summed E-state index contributed by atoms with van der Waals surface area (Å²) in [5, 5.41) is 10.6. The summed E-state index contributed by atoms with van der Waals surface area (Å²) >= 11 is 0. The molecule has 3 heterocycles. The van der Waals surface area contributed by atoms with Crippen molar-refractivity contribution < 1.29 is 37.0 Å². The Hall–Kier alpha value is -3.00. The van der Waals surface area contributed by atoms with E-state index in [1.54, 1.807) is 11.0 Å². The lowest BCUT2D eigenvalue weighted by molar-refractivity contribution is -0.151. The van der Waals surface area contributed by atoms with Gasteiger partial charge in [0, 0.05) is 64.0 Å². The van der Waals surface area contributed by atoms with Crippen molar-refractivity contribution in [2.45, 2.75) is 58.3 Å². The number of nitrogens with zero attached hydrogens (tertiary/aromatic N) is 4. The van der Waals surface area contributed by atoms with Crippen LogP contribution in [0, 0.1) is 17.7 Å². The van der Waals surface area contributed by atoms with Gasteiger partial charge in [0.15, 0.2) is 0 Å². The van der Waals surface area contributed by atoms with E-state index < -0.39 is 40.1 Å². The van der Waals surface area contributed by atoms with Gasteiger partial charge in [0.2, 0.25) is 10.0 Å². The van der Waals surface area contributed by atoms with Crippen LogP contribution in [0.15, 0.2) is 35.9 Å². The van der Waals surface area contributed by atoms with Crippen LogP contribution in [0.3, 0.4) is 0 Å². The molecule has 2 saturated heterocycles. The molecule has 256 valence electrons. The van der Waals surface area contributed by atoms with Gasteiger partial charge in [-0.25, -0.2) is 17.6 Å². The van der Waals surface area contributed by atoms with Crippen LogP contribution in [0.2, 0.25) is 0 Å². The Labute approximate surface area is 272 Å². The number of benzene rings is 1. The van der Waals surface area contributed by atoms with Crippen molar-refractivity contribution in [2.75, 3.05) is 70.6 Å². The summed E-state index contributed by atoms with van der Waals surface area (Å²) in [5.41, 5.74) is 1.89. The first kappa shape index (κ1) is 35.8. The lowest BCUT2D eigenvalue weighted by Crippen LogP contribution is -2.48. The zero-order valence-corrected chi connectivity index (χ0v) is 28.4. The largest absolute Gasteiger partial charge is 0.457 e. The molecule has 0 aliphatic carbocycles. The molecular formula is C33H49FN4O7S. The number of carbonyl (C=O) groups excluding carboxylic acids is 2. The normalized spacial score (nSPS) is 29.0. The number of hydrogen-bond acceptors (Lipinski definition) is 9. The number of aliphatic hydroxyl groups excluding tert-OH is 1. The van der Waals surface area contributed by atoms with Gasteiger partial charge in [0.25, 0.3) is 0 Å². The number of halogens is 1. The fourth-order valence-corrected chi connectivity index (χ4v) is 6.94. The second-order valence-corrected chi connectivity index (χ2v) is 15.0. The summed E-state index contributed by atoms with van der Waals surface area (Å²) in [4.78, 5) is 31.8. The van der Waals surface area contributed by atoms with Gasteiger partial charge in [0.1, 0.15) is 18.0 Å². The number of sulfonamides is 1. The van der Waals surface area contributed by atoms with Crippen LogP contribution in [0.1, 0.15) is 45.6 Å². The highest BCUT2D eigenvalue weighted by Gasteiger charge is 2.29. The average Bonchev–Trinajstić information content (AvgIpc) is 2.99. The van der Waals surface area contributed by atoms with Crippen molar-refractivity contribution in [1.82, 2.24) is 14.1 Å². The molecular weight excluding hydrogens is 615 g/mol. The number of aliphatic hydroxyl groups is 1. The van der Waals surface area contributed by atoms with Crippen LogP contribution < -0.4 is 4.90 Å². The maximum Gasteiger partial charge on any atom is 0.410 e. The van der Waals surface area contributed by atoms with Crippen molar-refractivity contribution in [1.29, 1.82) is 0 Å². The molecule has 3 aliphatic rings. The number of anilines is 1. The molecule has 2 fully saturated rings. The number of amides is 1. The van der Waals surface area contributed by atoms with Crippen LogP contribution in [0.4, 0.5) is 14.9 Å². The molecule has 4 rings (SSSR count). The van der Waals surface area contributed by atoms with E-state index in [1.807, 2.05) is 50.9 Å². The van der Waals surface area contributed by atoms with Gasteiger partial charge < -0.3 is 29.3 Å². The lowest BCUT2D eigenvalue weighted by Gasteiger charge is -2.35. The summed E-state index contributed by atoms with van der Waals surface area (Å²) in [7, 11) is -1.27. The van der Waals surface area contributed by atoms with Gasteiger partial charge in [-0.2, -0.15) is 4.31 Å². The molecule has 11 nitrogen and oxygen atoms in total. The maximum absolute atomic E-state index is 14.8. The molecule has 5 atom stereocenters. The molecule has 13 heteroatoms. The molecule has 0 unspecified atom stereocenters. The van der Waals surface area contributed by atoms with Crippen molar-refractivity contribution in [2.24, 2.45) is 11.8 Å². The van der Waals surface area contributed by atoms with E-state index in [2.05, 4.69) is 4.90 Å². The van der Waals surface area contributed by atoms with Crippen LogP contribution >= 0.6 is 0 Å². The fraction of sp³-hybridized carbons (Fsp3) is 0.636. The van der Waals surface area contributed by atoms with Crippen molar-refractivity contribution >= 4 is 33.8 Å². The van der Waals surface area contributed by atoms with Gasteiger partial charge >= 0.3 is 12.1 Å². The molecule has 1 amide bonds. The van der Waals surface area contributed by atoms with Gasteiger partial charge in [-0.3, -0.25) is 4.79 Å². The van der Waals surface area contributed by atoms with Crippen molar-refractivity contribution in [3.05, 3.63) is 47.3 Å². The molecule has 0 saturated carbocycles. The van der Waals surface area contributed by atoms with Crippen LogP contribution in [0.25, 0.3) is 6.08 Å². The number of piperazine rings is 2. The Balaban J connectivity index is 1.55. The SMILES string of the molecule is C/C(=C\c1cc(F)cc(N2CCN(S(C)(=O)=O)CC2)c1)[C@H]1OC(=O)C[C@H](O)CC[C@H](C)[C@@H](OC(=O)N2CCN(C)CC2)/C=C\[C@@H]1C. The Kier molecular flexibility index (Phi) is 12.3. The van der Waals surface area contributed by atoms with E-state index in [0.717, 1.165) is 13.1 Å². The summed E-state index contributed by atoms with van der Waals surface area (Å²) in [6, 6.07) is 4.66. The van der Waals surface area contributed by atoms with Gasteiger partial charge in [0.05, 0.1) is 18.8 Å². The molecule has 1 N–H and O–H groups in total. The van der Waals surface area contributed by atoms with E-state index in [4.69, 9.17) is 9.47 Å². The number of carbonyl (C=O) groups is 2. The number of cyclic esters (lactones) is 1. The summed E-state index contributed by atoms with van der Waals surface area (Å²) in [5.74, 6) is -1.38. The zero-order valence-electron chi connectivity index (χ0n) is 27.6. The second-order valence-electron chi connectivity index (χ2n) is 13.0. The zero-order chi connectivity index (χ0) is 33.6. The number of esters is 1. The molecule has 0 bridgehead atoms. The van der Waals surface area contributed by atoms with Gasteiger partial charge in [-0.15, -0.1) is 0 Å². The predicted octanol–water partition coefficient (Wildman–Crippen LogP) is 3.35. The Morgan fingerprint density at radius 3 is 2.35 bits per heavy atom. The van der Waals surface area contributed by atoms with Crippen LogP contribution in [-0.2, 0) is 24.3 Å². The minimum atomic E-state index is -3.29. The quantitative estimate of drug-likeness (QED) is 0.374. The predicted molar refractivity (Wildman–Crippen MR) is 175 cm³/mol.